The van der Waals surface area contributed by atoms with Gasteiger partial charge in [0.15, 0.2) is 0 Å². The summed E-state index contributed by atoms with van der Waals surface area (Å²) in [6.45, 7) is 12.4. The minimum atomic E-state index is -0.158. The van der Waals surface area contributed by atoms with Crippen LogP contribution in [0.4, 0.5) is 0 Å². The number of carbonyl (C=O) groups is 1. The molecule has 0 saturated heterocycles. The van der Waals surface area contributed by atoms with Crippen molar-refractivity contribution in [3.05, 3.63) is 59.2 Å². The molecule has 196 valence electrons. The van der Waals surface area contributed by atoms with Gasteiger partial charge in [0.25, 0.3) is 0 Å². The van der Waals surface area contributed by atoms with E-state index in [1.807, 2.05) is 30.3 Å². The summed E-state index contributed by atoms with van der Waals surface area (Å²) in [4.78, 5) is 12.7. The molecule has 1 aromatic carbocycles. The van der Waals surface area contributed by atoms with E-state index in [1.54, 1.807) is 11.1 Å². The topological polar surface area (TPSA) is 26.3 Å². The van der Waals surface area contributed by atoms with Gasteiger partial charge in [-0.25, -0.2) is 4.79 Å². The summed E-state index contributed by atoms with van der Waals surface area (Å²) >= 11 is 0. The van der Waals surface area contributed by atoms with Crippen molar-refractivity contribution >= 4 is 5.97 Å². The Kier molecular flexibility index (Phi) is 7.27. The molecular weight excluding hydrogens is 440 g/mol. The van der Waals surface area contributed by atoms with Crippen molar-refractivity contribution in [2.24, 2.45) is 40.4 Å². The van der Waals surface area contributed by atoms with Crippen LogP contribution >= 0.6 is 0 Å². The standard InChI is InChI=1S/C34H48O2/c1-23(2)10-9-11-24(3)29-16-17-30-28-15-14-26-22-27(36-32(35)25-12-7-6-8-13-25)18-20-33(26,4)31(28)19-21-34(29,30)5/h6-8,12-13,15,17,23-24,26-27,29,31H,9-11,14,16,18-22H2,1-5H3/t24-,26+,27+,29-,31+,33+,34-/m1/s1. The first-order valence-electron chi connectivity index (χ1n) is 14.9. The predicted molar refractivity (Wildman–Crippen MR) is 149 cm³/mol. The normalized spacial score (nSPS) is 36.3. The molecule has 4 aliphatic carbocycles. The molecule has 4 aliphatic rings. The Morgan fingerprint density at radius 1 is 1.00 bits per heavy atom. The SMILES string of the molecule is CC(C)CCC[C@@H](C)[C@H]1CC=C2C3=CC[C@H]4C[C@@H](OC(=O)c5ccccc5)CC[C@]4(C)[C@H]3CC[C@@]21C. The van der Waals surface area contributed by atoms with Crippen LogP contribution in [0.1, 0.15) is 109 Å². The highest BCUT2D eigenvalue weighted by Gasteiger charge is 2.55. The third-order valence-electron chi connectivity index (χ3n) is 11.0. The van der Waals surface area contributed by atoms with Crippen LogP contribution in [0.2, 0.25) is 0 Å². The molecule has 0 aliphatic heterocycles. The zero-order chi connectivity index (χ0) is 25.5. The highest BCUT2D eigenvalue weighted by Crippen LogP contribution is 2.65. The second-order valence-corrected chi connectivity index (χ2v) is 13.5. The van der Waals surface area contributed by atoms with Gasteiger partial charge in [-0.15, -0.1) is 0 Å². The van der Waals surface area contributed by atoms with Gasteiger partial charge in [0, 0.05) is 0 Å². The number of ether oxygens (including phenoxy) is 1. The molecule has 2 nitrogen and oxygen atoms in total. The second kappa shape index (κ2) is 10.1. The van der Waals surface area contributed by atoms with E-state index in [4.69, 9.17) is 4.74 Å². The lowest BCUT2D eigenvalue weighted by molar-refractivity contribution is -0.0409. The zero-order valence-corrected chi connectivity index (χ0v) is 23.4. The van der Waals surface area contributed by atoms with Crippen LogP contribution in [0.15, 0.2) is 53.6 Å². The largest absolute Gasteiger partial charge is 0.459 e. The van der Waals surface area contributed by atoms with Gasteiger partial charge >= 0.3 is 5.97 Å². The summed E-state index contributed by atoms with van der Waals surface area (Å²) in [5.74, 6) is 3.57. The summed E-state index contributed by atoms with van der Waals surface area (Å²) in [6.07, 6.45) is 17.7. The van der Waals surface area contributed by atoms with E-state index >= 15 is 0 Å². The molecule has 2 fully saturated rings. The Bertz CT molecular complexity index is 1000. The number of rotatable bonds is 7. The van der Waals surface area contributed by atoms with Gasteiger partial charge in [0.05, 0.1) is 5.56 Å². The van der Waals surface area contributed by atoms with Gasteiger partial charge in [-0.2, -0.15) is 0 Å². The number of carbonyl (C=O) groups excluding carboxylic acids is 1. The molecule has 2 saturated carbocycles. The molecule has 7 atom stereocenters. The van der Waals surface area contributed by atoms with Crippen LogP contribution in [0.3, 0.4) is 0 Å². The molecule has 1 aromatic rings. The monoisotopic (exact) mass is 488 g/mol. The van der Waals surface area contributed by atoms with Gasteiger partial charge < -0.3 is 4.74 Å². The Labute approximate surface area is 220 Å². The van der Waals surface area contributed by atoms with Crippen LogP contribution in [0, 0.1) is 40.4 Å². The van der Waals surface area contributed by atoms with E-state index in [0.717, 1.165) is 37.0 Å². The number of allylic oxidation sites excluding steroid dienone is 4. The zero-order valence-electron chi connectivity index (χ0n) is 23.4. The average molecular weight is 489 g/mol. The Morgan fingerprint density at radius 2 is 1.78 bits per heavy atom. The molecule has 0 radical (unpaired) electrons. The maximum absolute atomic E-state index is 12.7. The first-order chi connectivity index (χ1) is 17.2. The van der Waals surface area contributed by atoms with Gasteiger partial charge in [-0.1, -0.05) is 84.2 Å². The minimum Gasteiger partial charge on any atom is -0.459 e. The Morgan fingerprint density at radius 3 is 2.53 bits per heavy atom. The number of hydrogen-bond donors (Lipinski definition) is 0. The molecule has 5 rings (SSSR count). The van der Waals surface area contributed by atoms with Gasteiger partial charge in [0.1, 0.15) is 6.10 Å². The molecular formula is C34H48O2. The molecule has 0 aromatic heterocycles. The van der Waals surface area contributed by atoms with Crippen molar-refractivity contribution in [1.29, 1.82) is 0 Å². The Balaban J connectivity index is 1.26. The Hall–Kier alpha value is -1.83. The molecule has 0 spiro atoms. The highest BCUT2D eigenvalue weighted by molar-refractivity contribution is 5.89. The second-order valence-electron chi connectivity index (χ2n) is 13.5. The summed E-state index contributed by atoms with van der Waals surface area (Å²) in [5, 5.41) is 0. The smallest absolute Gasteiger partial charge is 0.338 e. The molecule has 36 heavy (non-hydrogen) atoms. The maximum atomic E-state index is 12.7. The van der Waals surface area contributed by atoms with Crippen molar-refractivity contribution in [3.8, 4) is 0 Å². The average Bonchev–Trinajstić information content (AvgIpc) is 3.22. The summed E-state index contributed by atoms with van der Waals surface area (Å²) in [7, 11) is 0. The fourth-order valence-electron chi connectivity index (χ4n) is 8.71. The molecule has 2 heteroatoms. The van der Waals surface area contributed by atoms with Crippen molar-refractivity contribution in [1.82, 2.24) is 0 Å². The van der Waals surface area contributed by atoms with E-state index in [1.165, 1.54) is 44.9 Å². The number of fused-ring (bicyclic) bond motifs is 5. The molecule has 0 heterocycles. The van der Waals surface area contributed by atoms with E-state index in [9.17, 15) is 4.79 Å². The van der Waals surface area contributed by atoms with Gasteiger partial charge in [0.2, 0.25) is 0 Å². The molecule has 0 amide bonds. The quantitative estimate of drug-likeness (QED) is 0.358. The van der Waals surface area contributed by atoms with Crippen LogP contribution < -0.4 is 0 Å². The first kappa shape index (κ1) is 25.8. The summed E-state index contributed by atoms with van der Waals surface area (Å²) in [6, 6.07) is 9.48. The third kappa shape index (κ3) is 4.63. The predicted octanol–water partition coefficient (Wildman–Crippen LogP) is 9.17. The van der Waals surface area contributed by atoms with Crippen molar-refractivity contribution in [2.75, 3.05) is 0 Å². The molecule has 0 N–H and O–H groups in total. The number of benzene rings is 1. The lowest BCUT2D eigenvalue weighted by Crippen LogP contribution is -2.48. The number of esters is 1. The summed E-state index contributed by atoms with van der Waals surface area (Å²) < 4.78 is 6.01. The fraction of sp³-hybridized carbons (Fsp3) is 0.676. The fourth-order valence-corrected chi connectivity index (χ4v) is 8.71. The van der Waals surface area contributed by atoms with Crippen molar-refractivity contribution in [2.45, 2.75) is 105 Å². The van der Waals surface area contributed by atoms with E-state index in [-0.39, 0.29) is 12.1 Å². The lowest BCUT2D eigenvalue weighted by atomic mass is 9.48. The number of hydrogen-bond acceptors (Lipinski definition) is 2. The molecule has 0 bridgehead atoms. The van der Waals surface area contributed by atoms with E-state index in [2.05, 4.69) is 46.8 Å². The molecule has 0 unspecified atom stereocenters. The van der Waals surface area contributed by atoms with Crippen LogP contribution in [0.5, 0.6) is 0 Å². The summed E-state index contributed by atoms with van der Waals surface area (Å²) in [5.41, 5.74) is 4.80. The highest BCUT2D eigenvalue weighted by atomic mass is 16.5. The van der Waals surface area contributed by atoms with Gasteiger partial charge in [-0.05, 0) is 109 Å². The first-order valence-corrected chi connectivity index (χ1v) is 14.9. The van der Waals surface area contributed by atoms with Crippen LogP contribution in [-0.4, -0.2) is 12.1 Å². The maximum Gasteiger partial charge on any atom is 0.338 e. The van der Waals surface area contributed by atoms with Crippen molar-refractivity contribution < 1.29 is 9.53 Å². The third-order valence-corrected chi connectivity index (χ3v) is 11.0. The van der Waals surface area contributed by atoms with Crippen LogP contribution in [0.25, 0.3) is 0 Å². The van der Waals surface area contributed by atoms with Gasteiger partial charge in [-0.3, -0.25) is 0 Å². The van der Waals surface area contributed by atoms with Crippen molar-refractivity contribution in [3.63, 3.8) is 0 Å². The minimum absolute atomic E-state index is 0.0568. The lowest BCUT2D eigenvalue weighted by Gasteiger charge is -2.56. The van der Waals surface area contributed by atoms with Crippen LogP contribution in [-0.2, 0) is 4.74 Å². The van der Waals surface area contributed by atoms with E-state index < -0.39 is 0 Å². The van der Waals surface area contributed by atoms with E-state index in [0.29, 0.717) is 28.2 Å².